The summed E-state index contributed by atoms with van der Waals surface area (Å²) < 4.78 is 22.7. The summed E-state index contributed by atoms with van der Waals surface area (Å²) in [6.07, 6.45) is 68.7. The molecule has 0 aromatic heterocycles. The van der Waals surface area contributed by atoms with Crippen molar-refractivity contribution in [2.24, 2.45) is 0 Å². The molecular formula is C73H117NO13. The van der Waals surface area contributed by atoms with Crippen molar-refractivity contribution >= 4 is 5.91 Å². The van der Waals surface area contributed by atoms with Gasteiger partial charge in [0.05, 0.1) is 32.0 Å². The van der Waals surface area contributed by atoms with Crippen molar-refractivity contribution in [3.8, 4) is 0 Å². The molecule has 2 rings (SSSR count). The van der Waals surface area contributed by atoms with Gasteiger partial charge >= 0.3 is 0 Å². The van der Waals surface area contributed by atoms with Crippen LogP contribution in [0, 0.1) is 0 Å². The molecule has 492 valence electrons. The normalized spacial score (nSPS) is 24.3. The second-order valence-corrected chi connectivity index (χ2v) is 22.5. The first-order valence-corrected chi connectivity index (χ1v) is 33.2. The summed E-state index contributed by atoms with van der Waals surface area (Å²) >= 11 is 0. The van der Waals surface area contributed by atoms with Gasteiger partial charge in [-0.2, -0.15) is 0 Å². The lowest BCUT2D eigenvalue weighted by Gasteiger charge is -2.46. The first-order chi connectivity index (χ1) is 42.6. The molecule has 87 heavy (non-hydrogen) atoms. The van der Waals surface area contributed by atoms with Crippen LogP contribution in [0.2, 0.25) is 0 Å². The molecule has 0 aromatic rings. The van der Waals surface area contributed by atoms with E-state index in [-0.39, 0.29) is 18.9 Å². The summed E-state index contributed by atoms with van der Waals surface area (Å²) in [5.74, 6) is -0.270. The van der Waals surface area contributed by atoms with Crippen molar-refractivity contribution in [3.05, 3.63) is 158 Å². The van der Waals surface area contributed by atoms with Crippen molar-refractivity contribution in [3.63, 3.8) is 0 Å². The summed E-state index contributed by atoms with van der Waals surface area (Å²) in [7, 11) is 0. The van der Waals surface area contributed by atoms with Crippen molar-refractivity contribution < 1.29 is 64.6 Å². The number of hydrogen-bond acceptors (Lipinski definition) is 13. The molecule has 14 nitrogen and oxygen atoms in total. The molecule has 0 aliphatic carbocycles. The molecule has 0 bridgehead atoms. The summed E-state index contributed by atoms with van der Waals surface area (Å²) in [5.41, 5.74) is 0. The van der Waals surface area contributed by atoms with Gasteiger partial charge in [0.15, 0.2) is 12.6 Å². The zero-order chi connectivity index (χ0) is 63.1. The second-order valence-electron chi connectivity index (χ2n) is 22.5. The van der Waals surface area contributed by atoms with E-state index in [0.29, 0.717) is 12.8 Å². The van der Waals surface area contributed by atoms with Crippen LogP contribution in [0.25, 0.3) is 0 Å². The highest BCUT2D eigenvalue weighted by Crippen LogP contribution is 2.30. The standard InChI is InChI=1S/C73H117NO13/c1-3-5-7-9-11-13-15-17-19-20-21-22-23-24-25-26-27-28-29-30-31-32-33-34-35-36-37-38-39-40-41-42-43-45-47-49-51-53-55-57-65(78)74-61(62(77)56-54-52-50-48-46-44-18-16-14-12-10-8-6-4-2)60-84-72-70(83)68(81)71(64(59-76)86-72)87-73-69(82)67(80)66(79)63(58-75)85-73/h5,7,11,13-14,16-17,19,21-22,24-25,27-28,30-31,33-34,36-37,39-40,46,48,54,56,61-64,66-73,75-77,79-83H,3-4,6,8-10,12,15,18,20,23,26,29,32,35,38,41-45,47,49-53,55,57-60H2,1-2H3,(H,74,78)/b7-5-,13-11-,16-14+,19-17-,22-21-,25-24-,28-27-,31-30-,34-33-,37-36-,40-39-,48-46+,56-54+. The zero-order valence-electron chi connectivity index (χ0n) is 53.2. The molecule has 0 aromatic carbocycles. The van der Waals surface area contributed by atoms with Gasteiger partial charge in [0.1, 0.15) is 48.8 Å². The van der Waals surface area contributed by atoms with Crippen LogP contribution in [0.4, 0.5) is 0 Å². The fourth-order valence-corrected chi connectivity index (χ4v) is 9.64. The zero-order valence-corrected chi connectivity index (χ0v) is 53.2. The van der Waals surface area contributed by atoms with Crippen LogP contribution in [0.1, 0.15) is 200 Å². The Morgan fingerprint density at radius 3 is 1.26 bits per heavy atom. The van der Waals surface area contributed by atoms with E-state index in [2.05, 4.69) is 165 Å². The lowest BCUT2D eigenvalue weighted by molar-refractivity contribution is -0.359. The second kappa shape index (κ2) is 55.7. The van der Waals surface area contributed by atoms with E-state index in [0.717, 1.165) is 122 Å². The molecule has 2 saturated heterocycles. The SMILES string of the molecule is CC/C=C\C/C=C\C/C=C\C/C=C\C/C=C\C/C=C\C/C=C\C/C=C\C/C=C\C/C=C\CCCCCCCCCCC(=O)NC(COC1OC(CO)C(OC2OC(CO)C(O)C(O)C2O)C(O)C1O)C(O)/C=C/CC/C=C/CC/C=C/CCCCCC. The Balaban J connectivity index is 1.65. The molecule has 0 spiro atoms. The van der Waals surface area contributed by atoms with Gasteiger partial charge in [0, 0.05) is 6.42 Å². The highest BCUT2D eigenvalue weighted by atomic mass is 16.7. The van der Waals surface area contributed by atoms with Crippen LogP contribution in [0.3, 0.4) is 0 Å². The predicted octanol–water partition coefficient (Wildman–Crippen LogP) is 13.1. The highest BCUT2D eigenvalue weighted by molar-refractivity contribution is 5.76. The molecule has 12 unspecified atom stereocenters. The first kappa shape index (κ1) is 78.7. The number of carbonyl (C=O) groups excluding carboxylic acids is 1. The van der Waals surface area contributed by atoms with Crippen molar-refractivity contribution in [1.82, 2.24) is 5.32 Å². The molecule has 1 amide bonds. The lowest BCUT2D eigenvalue weighted by Crippen LogP contribution is -2.65. The number of ether oxygens (including phenoxy) is 4. The lowest BCUT2D eigenvalue weighted by atomic mass is 9.97. The number of nitrogens with one attached hydrogen (secondary N) is 1. The summed E-state index contributed by atoms with van der Waals surface area (Å²) in [6.45, 7) is 2.60. The monoisotopic (exact) mass is 1220 g/mol. The third-order valence-electron chi connectivity index (χ3n) is 14.9. The fourth-order valence-electron chi connectivity index (χ4n) is 9.64. The van der Waals surface area contributed by atoms with E-state index < -0.39 is 86.8 Å². The van der Waals surface area contributed by atoms with E-state index >= 15 is 0 Å². The minimum atomic E-state index is -1.80. The van der Waals surface area contributed by atoms with Gasteiger partial charge in [-0.25, -0.2) is 0 Å². The average molecular weight is 1220 g/mol. The average Bonchev–Trinajstić information content (AvgIpc) is 2.05. The molecule has 2 aliphatic heterocycles. The van der Waals surface area contributed by atoms with Gasteiger partial charge in [0.25, 0.3) is 0 Å². The molecule has 2 heterocycles. The molecule has 2 fully saturated rings. The van der Waals surface area contributed by atoms with Gasteiger partial charge in [-0.1, -0.05) is 230 Å². The van der Waals surface area contributed by atoms with Crippen LogP contribution in [-0.2, 0) is 23.7 Å². The van der Waals surface area contributed by atoms with Crippen LogP contribution in [-0.4, -0.2) is 140 Å². The van der Waals surface area contributed by atoms with E-state index in [1.54, 1.807) is 6.08 Å². The van der Waals surface area contributed by atoms with E-state index in [1.165, 1.54) is 44.9 Å². The Morgan fingerprint density at radius 2 is 0.805 bits per heavy atom. The number of allylic oxidation sites excluding steroid dienone is 25. The fraction of sp³-hybridized carbons (Fsp3) is 0.630. The summed E-state index contributed by atoms with van der Waals surface area (Å²) in [6, 6.07) is -0.954. The van der Waals surface area contributed by atoms with Crippen molar-refractivity contribution in [1.29, 1.82) is 0 Å². The number of aliphatic hydroxyl groups excluding tert-OH is 8. The number of amides is 1. The smallest absolute Gasteiger partial charge is 0.220 e. The molecule has 0 saturated carbocycles. The van der Waals surface area contributed by atoms with Gasteiger partial charge in [-0.05, 0) is 122 Å². The number of rotatable bonds is 51. The van der Waals surface area contributed by atoms with Gasteiger partial charge in [-0.3, -0.25) is 4.79 Å². The van der Waals surface area contributed by atoms with Gasteiger partial charge in [0.2, 0.25) is 5.91 Å². The Kier molecular flexibility index (Phi) is 50.4. The molecule has 14 heteroatoms. The third kappa shape index (κ3) is 40.1. The summed E-state index contributed by atoms with van der Waals surface area (Å²) in [4.78, 5) is 13.3. The predicted molar refractivity (Wildman–Crippen MR) is 354 cm³/mol. The topological polar surface area (TPSA) is 228 Å². The Morgan fingerprint density at radius 1 is 0.425 bits per heavy atom. The van der Waals surface area contributed by atoms with Crippen molar-refractivity contribution in [2.45, 2.75) is 274 Å². The van der Waals surface area contributed by atoms with E-state index in [1.807, 2.05) is 6.08 Å². The number of carbonyl (C=O) groups is 1. The molecule has 12 atom stereocenters. The summed E-state index contributed by atoms with van der Waals surface area (Å²) in [5, 5.41) is 87.1. The maximum Gasteiger partial charge on any atom is 0.220 e. The minimum absolute atomic E-state index is 0.249. The quantitative estimate of drug-likeness (QED) is 0.0204. The third-order valence-corrected chi connectivity index (χ3v) is 14.9. The largest absolute Gasteiger partial charge is 0.394 e. The van der Waals surface area contributed by atoms with Crippen molar-refractivity contribution in [2.75, 3.05) is 19.8 Å². The Bertz CT molecular complexity index is 2070. The van der Waals surface area contributed by atoms with E-state index in [9.17, 15) is 45.6 Å². The number of aliphatic hydroxyl groups is 8. The minimum Gasteiger partial charge on any atom is -0.394 e. The van der Waals surface area contributed by atoms with Crippen LogP contribution >= 0.6 is 0 Å². The van der Waals surface area contributed by atoms with Gasteiger partial charge < -0.3 is 65.1 Å². The Hall–Kier alpha value is -4.39. The van der Waals surface area contributed by atoms with Gasteiger partial charge in [-0.15, -0.1) is 0 Å². The molecule has 9 N–H and O–H groups in total. The molecule has 0 radical (unpaired) electrons. The van der Waals surface area contributed by atoms with Crippen LogP contribution in [0.5, 0.6) is 0 Å². The maximum absolute atomic E-state index is 13.3. The maximum atomic E-state index is 13.3. The Labute approximate surface area is 525 Å². The number of unbranched alkanes of at least 4 members (excludes halogenated alkanes) is 14. The van der Waals surface area contributed by atoms with Crippen LogP contribution < -0.4 is 5.32 Å². The molecule has 2 aliphatic rings. The highest BCUT2D eigenvalue weighted by Gasteiger charge is 2.51. The van der Waals surface area contributed by atoms with E-state index in [4.69, 9.17) is 18.9 Å². The molecular weight excluding hydrogens is 1100 g/mol. The number of hydrogen-bond donors (Lipinski definition) is 9. The first-order valence-electron chi connectivity index (χ1n) is 33.2. The van der Waals surface area contributed by atoms with Crippen LogP contribution in [0.15, 0.2) is 158 Å².